The molecule has 1 aromatic heterocycles. The highest BCUT2D eigenvalue weighted by atomic mass is 35.5. The van der Waals surface area contributed by atoms with Gasteiger partial charge in [0, 0.05) is 10.4 Å². The summed E-state index contributed by atoms with van der Waals surface area (Å²) in [6.07, 6.45) is 3.07. The van der Waals surface area contributed by atoms with Crippen LogP contribution < -0.4 is 5.32 Å². The molecule has 0 fully saturated rings. The number of hydrogen-bond acceptors (Lipinski definition) is 4. The maximum atomic E-state index is 12.1. The Bertz CT molecular complexity index is 664. The number of hydrogen-bond donors (Lipinski definition) is 2. The molecule has 1 heterocycles. The van der Waals surface area contributed by atoms with Gasteiger partial charge in [-0.1, -0.05) is 32.4 Å². The number of anilines is 1. The van der Waals surface area contributed by atoms with Crippen LogP contribution in [-0.4, -0.2) is 21.0 Å². The van der Waals surface area contributed by atoms with Crippen LogP contribution in [0.2, 0.25) is 5.02 Å². The summed E-state index contributed by atoms with van der Waals surface area (Å²) in [7, 11) is 0. The van der Waals surface area contributed by atoms with E-state index in [0.717, 1.165) is 0 Å². The summed E-state index contributed by atoms with van der Waals surface area (Å²) in [4.78, 5) is 20.5. The number of carbonyl (C=O) groups excluding carboxylic acids is 1. The van der Waals surface area contributed by atoms with E-state index < -0.39 is 5.91 Å². The predicted molar refractivity (Wildman–Crippen MR) is 81.8 cm³/mol. The van der Waals surface area contributed by atoms with Crippen LogP contribution in [0.25, 0.3) is 0 Å². The quantitative estimate of drug-likeness (QED) is 0.892. The molecule has 0 aliphatic rings. The second-order valence-corrected chi connectivity index (χ2v) is 6.10. The van der Waals surface area contributed by atoms with E-state index in [1.807, 2.05) is 20.8 Å². The molecule has 2 aromatic rings. The standard InChI is InChI=1S/C15H16ClN3O2/c1-15(2,3)14-17-7-10(8-18-14)19-13(21)11-6-9(16)4-5-12(11)20/h4-8,20H,1-3H3,(H,19,21). The van der Waals surface area contributed by atoms with Gasteiger partial charge in [0.1, 0.15) is 11.6 Å². The highest BCUT2D eigenvalue weighted by molar-refractivity contribution is 6.31. The van der Waals surface area contributed by atoms with Crippen LogP contribution in [0.1, 0.15) is 37.0 Å². The summed E-state index contributed by atoms with van der Waals surface area (Å²) in [6.45, 7) is 6.01. The summed E-state index contributed by atoms with van der Waals surface area (Å²) in [6, 6.07) is 4.28. The molecular formula is C15H16ClN3O2. The second kappa shape index (κ2) is 5.69. The molecule has 2 N–H and O–H groups in total. The minimum absolute atomic E-state index is 0.0994. The molecule has 0 radical (unpaired) electrons. The van der Waals surface area contributed by atoms with Gasteiger partial charge >= 0.3 is 0 Å². The van der Waals surface area contributed by atoms with E-state index >= 15 is 0 Å². The fourth-order valence-electron chi connectivity index (χ4n) is 1.67. The Morgan fingerprint density at radius 3 is 2.43 bits per heavy atom. The van der Waals surface area contributed by atoms with Crippen molar-refractivity contribution in [1.82, 2.24) is 9.97 Å². The Balaban J connectivity index is 2.18. The van der Waals surface area contributed by atoms with Gasteiger partial charge < -0.3 is 10.4 Å². The molecule has 0 atom stereocenters. The SMILES string of the molecule is CC(C)(C)c1ncc(NC(=O)c2cc(Cl)ccc2O)cn1. The van der Waals surface area contributed by atoms with Crippen molar-refractivity contribution >= 4 is 23.2 Å². The van der Waals surface area contributed by atoms with Crippen molar-refractivity contribution in [1.29, 1.82) is 0 Å². The average Bonchev–Trinajstić information content (AvgIpc) is 2.41. The zero-order valence-electron chi connectivity index (χ0n) is 12.0. The summed E-state index contributed by atoms with van der Waals surface area (Å²) in [5.74, 6) is 0.0809. The Morgan fingerprint density at radius 1 is 1.24 bits per heavy atom. The molecule has 0 aliphatic carbocycles. The number of aromatic hydroxyl groups is 1. The van der Waals surface area contributed by atoms with E-state index in [0.29, 0.717) is 16.5 Å². The van der Waals surface area contributed by atoms with Gasteiger partial charge in [-0.2, -0.15) is 0 Å². The highest BCUT2D eigenvalue weighted by Gasteiger charge is 2.17. The van der Waals surface area contributed by atoms with Gasteiger partial charge in [-0.15, -0.1) is 0 Å². The van der Waals surface area contributed by atoms with Crippen molar-refractivity contribution < 1.29 is 9.90 Å². The molecule has 5 nitrogen and oxygen atoms in total. The molecule has 0 spiro atoms. The molecule has 0 saturated carbocycles. The Hall–Kier alpha value is -2.14. The van der Waals surface area contributed by atoms with Gasteiger partial charge in [-0.05, 0) is 18.2 Å². The molecular weight excluding hydrogens is 290 g/mol. The number of phenolic OH excluding ortho intramolecular Hbond substituents is 1. The number of rotatable bonds is 2. The molecule has 1 amide bonds. The molecule has 1 aromatic carbocycles. The molecule has 21 heavy (non-hydrogen) atoms. The number of amides is 1. The van der Waals surface area contributed by atoms with Gasteiger partial charge in [0.25, 0.3) is 5.91 Å². The Morgan fingerprint density at radius 2 is 1.86 bits per heavy atom. The van der Waals surface area contributed by atoms with Crippen molar-refractivity contribution in [3.05, 3.63) is 47.0 Å². The number of carbonyl (C=O) groups is 1. The number of benzene rings is 1. The van der Waals surface area contributed by atoms with Crippen LogP contribution in [0.4, 0.5) is 5.69 Å². The first-order valence-electron chi connectivity index (χ1n) is 6.40. The number of nitrogens with zero attached hydrogens (tertiary/aromatic N) is 2. The summed E-state index contributed by atoms with van der Waals surface area (Å²) < 4.78 is 0. The summed E-state index contributed by atoms with van der Waals surface area (Å²) >= 11 is 5.82. The van der Waals surface area contributed by atoms with Gasteiger partial charge in [-0.25, -0.2) is 9.97 Å². The van der Waals surface area contributed by atoms with E-state index in [1.165, 1.54) is 30.6 Å². The van der Waals surface area contributed by atoms with E-state index in [-0.39, 0.29) is 16.7 Å². The van der Waals surface area contributed by atoms with Crippen LogP contribution in [0, 0.1) is 0 Å². The molecule has 0 saturated heterocycles. The lowest BCUT2D eigenvalue weighted by Gasteiger charge is -2.16. The fraction of sp³-hybridized carbons (Fsp3) is 0.267. The number of nitrogens with one attached hydrogen (secondary N) is 1. The fourth-order valence-corrected chi connectivity index (χ4v) is 1.84. The van der Waals surface area contributed by atoms with Crippen LogP contribution in [-0.2, 0) is 5.41 Å². The van der Waals surface area contributed by atoms with E-state index in [4.69, 9.17) is 11.6 Å². The lowest BCUT2D eigenvalue weighted by molar-refractivity contribution is 0.102. The molecule has 6 heteroatoms. The predicted octanol–water partition coefficient (Wildman–Crippen LogP) is 3.39. The second-order valence-electron chi connectivity index (χ2n) is 5.66. The van der Waals surface area contributed by atoms with E-state index in [9.17, 15) is 9.90 Å². The van der Waals surface area contributed by atoms with Crippen LogP contribution in [0.3, 0.4) is 0 Å². The molecule has 110 valence electrons. The number of halogens is 1. The highest BCUT2D eigenvalue weighted by Crippen LogP contribution is 2.23. The van der Waals surface area contributed by atoms with E-state index in [1.54, 1.807) is 0 Å². The Labute approximate surface area is 128 Å². The first-order valence-corrected chi connectivity index (χ1v) is 6.77. The maximum absolute atomic E-state index is 12.1. The van der Waals surface area contributed by atoms with Crippen molar-refractivity contribution in [3.63, 3.8) is 0 Å². The number of phenols is 1. The van der Waals surface area contributed by atoms with E-state index in [2.05, 4.69) is 15.3 Å². The van der Waals surface area contributed by atoms with Crippen molar-refractivity contribution in [2.75, 3.05) is 5.32 Å². The topological polar surface area (TPSA) is 75.1 Å². The first kappa shape index (κ1) is 15.3. The molecule has 0 aliphatic heterocycles. The van der Waals surface area contributed by atoms with Crippen molar-refractivity contribution in [2.24, 2.45) is 0 Å². The zero-order chi connectivity index (χ0) is 15.6. The third-order valence-corrected chi connectivity index (χ3v) is 3.02. The van der Waals surface area contributed by atoms with Crippen molar-refractivity contribution in [3.8, 4) is 5.75 Å². The summed E-state index contributed by atoms with van der Waals surface area (Å²) in [5.41, 5.74) is 0.392. The smallest absolute Gasteiger partial charge is 0.259 e. The lowest BCUT2D eigenvalue weighted by atomic mass is 9.96. The largest absolute Gasteiger partial charge is 0.507 e. The van der Waals surface area contributed by atoms with Crippen LogP contribution in [0.15, 0.2) is 30.6 Å². The normalized spacial score (nSPS) is 11.2. The maximum Gasteiger partial charge on any atom is 0.259 e. The van der Waals surface area contributed by atoms with Crippen LogP contribution >= 0.6 is 11.6 Å². The van der Waals surface area contributed by atoms with Gasteiger partial charge in [-0.3, -0.25) is 4.79 Å². The summed E-state index contributed by atoms with van der Waals surface area (Å²) in [5, 5.41) is 12.7. The van der Waals surface area contributed by atoms with Gasteiger partial charge in [0.2, 0.25) is 0 Å². The average molecular weight is 306 g/mol. The minimum Gasteiger partial charge on any atom is -0.507 e. The monoisotopic (exact) mass is 305 g/mol. The minimum atomic E-state index is -0.470. The molecule has 0 bridgehead atoms. The molecule has 0 unspecified atom stereocenters. The third kappa shape index (κ3) is 3.70. The van der Waals surface area contributed by atoms with Gasteiger partial charge in [0.15, 0.2) is 0 Å². The van der Waals surface area contributed by atoms with Gasteiger partial charge in [0.05, 0.1) is 23.6 Å². The third-order valence-electron chi connectivity index (χ3n) is 2.78. The lowest BCUT2D eigenvalue weighted by Crippen LogP contribution is -2.17. The zero-order valence-corrected chi connectivity index (χ0v) is 12.8. The Kier molecular flexibility index (Phi) is 4.14. The number of aromatic nitrogens is 2. The van der Waals surface area contributed by atoms with Crippen molar-refractivity contribution in [2.45, 2.75) is 26.2 Å². The first-order chi connectivity index (χ1) is 9.77. The molecule has 2 rings (SSSR count). The van der Waals surface area contributed by atoms with Crippen LogP contribution in [0.5, 0.6) is 5.75 Å².